The normalized spacial score (nSPS) is 19.1. The van der Waals surface area contributed by atoms with E-state index in [1.807, 2.05) is 6.07 Å². The minimum absolute atomic E-state index is 0.0625. The highest BCUT2D eigenvalue weighted by Crippen LogP contribution is 2.36. The molecule has 1 saturated heterocycles. The molecular formula is C22H24F3N5O4. The Labute approximate surface area is 193 Å². The molecule has 2 amide bonds. The summed E-state index contributed by atoms with van der Waals surface area (Å²) in [5.41, 5.74) is 11.8. The van der Waals surface area contributed by atoms with E-state index in [1.165, 1.54) is 0 Å². The second-order valence-corrected chi connectivity index (χ2v) is 8.20. The Morgan fingerprint density at radius 3 is 2.56 bits per heavy atom. The van der Waals surface area contributed by atoms with E-state index in [9.17, 15) is 22.8 Å². The maximum atomic E-state index is 12.9. The minimum atomic E-state index is -4.61. The van der Waals surface area contributed by atoms with Gasteiger partial charge in [-0.3, -0.25) is 9.59 Å². The van der Waals surface area contributed by atoms with E-state index in [2.05, 4.69) is 16.0 Å². The van der Waals surface area contributed by atoms with E-state index < -0.39 is 30.1 Å². The van der Waals surface area contributed by atoms with Crippen molar-refractivity contribution >= 4 is 23.2 Å². The molecule has 0 spiro atoms. The molecule has 0 bridgehead atoms. The van der Waals surface area contributed by atoms with Crippen molar-refractivity contribution in [3.8, 4) is 11.5 Å². The number of nitrogen functional groups attached to an aromatic ring is 2. The van der Waals surface area contributed by atoms with Crippen LogP contribution in [0.2, 0.25) is 0 Å². The molecule has 0 aliphatic carbocycles. The smallest absolute Gasteiger partial charge is 0.416 e. The van der Waals surface area contributed by atoms with Crippen molar-refractivity contribution < 1.29 is 32.2 Å². The summed E-state index contributed by atoms with van der Waals surface area (Å²) in [6.45, 7) is 0.283. The Morgan fingerprint density at radius 2 is 1.82 bits per heavy atom. The van der Waals surface area contributed by atoms with Crippen molar-refractivity contribution in [2.45, 2.75) is 31.1 Å². The second-order valence-electron chi connectivity index (χ2n) is 8.20. The fourth-order valence-corrected chi connectivity index (χ4v) is 3.99. The molecule has 0 radical (unpaired) electrons. The maximum absolute atomic E-state index is 12.9. The minimum Gasteiger partial charge on any atom is -0.454 e. The summed E-state index contributed by atoms with van der Waals surface area (Å²) >= 11 is 0. The maximum Gasteiger partial charge on any atom is 0.416 e. The molecule has 12 heteroatoms. The molecule has 2 aromatic carbocycles. The molecule has 34 heavy (non-hydrogen) atoms. The highest BCUT2D eigenvalue weighted by Gasteiger charge is 2.32. The number of anilines is 2. The van der Waals surface area contributed by atoms with Crippen LogP contribution in [0.1, 0.15) is 27.9 Å². The number of amides is 2. The van der Waals surface area contributed by atoms with Crippen molar-refractivity contribution in [3.63, 3.8) is 0 Å². The lowest BCUT2D eigenvalue weighted by Gasteiger charge is -2.15. The quantitative estimate of drug-likeness (QED) is 0.395. The molecule has 2 aliphatic rings. The van der Waals surface area contributed by atoms with Gasteiger partial charge in [-0.25, -0.2) is 0 Å². The molecule has 9 nitrogen and oxygen atoms in total. The van der Waals surface area contributed by atoms with E-state index in [1.54, 1.807) is 6.07 Å². The summed E-state index contributed by atoms with van der Waals surface area (Å²) in [4.78, 5) is 24.6. The number of nitrogens with one attached hydrogen (secondary N) is 3. The molecule has 2 aromatic rings. The number of hydrogen-bond donors (Lipinski definition) is 5. The van der Waals surface area contributed by atoms with Crippen molar-refractivity contribution in [1.82, 2.24) is 16.0 Å². The number of carbonyl (C=O) groups excluding carboxylic acids is 2. The largest absolute Gasteiger partial charge is 0.454 e. The number of halogens is 3. The summed E-state index contributed by atoms with van der Waals surface area (Å²) in [6, 6.07) is 5.92. The first-order chi connectivity index (χ1) is 16.1. The first kappa shape index (κ1) is 23.5. The molecule has 0 aromatic heterocycles. The van der Waals surface area contributed by atoms with Gasteiger partial charge in [0.15, 0.2) is 11.5 Å². The molecule has 182 valence electrons. The zero-order valence-corrected chi connectivity index (χ0v) is 18.0. The predicted octanol–water partition coefficient (Wildman–Crippen LogP) is 1.42. The van der Waals surface area contributed by atoms with Gasteiger partial charge in [0.25, 0.3) is 5.91 Å². The lowest BCUT2D eigenvalue weighted by Crippen LogP contribution is -2.42. The van der Waals surface area contributed by atoms with E-state index in [-0.39, 0.29) is 30.1 Å². The van der Waals surface area contributed by atoms with Crippen LogP contribution in [0.15, 0.2) is 30.3 Å². The lowest BCUT2D eigenvalue weighted by atomic mass is 10.0. The first-order valence-electron chi connectivity index (χ1n) is 10.6. The predicted molar refractivity (Wildman–Crippen MR) is 117 cm³/mol. The van der Waals surface area contributed by atoms with Crippen LogP contribution in [-0.4, -0.2) is 43.8 Å². The van der Waals surface area contributed by atoms with Crippen LogP contribution in [0, 0.1) is 0 Å². The van der Waals surface area contributed by atoms with Gasteiger partial charge in [0.1, 0.15) is 0 Å². The third-order valence-corrected chi connectivity index (χ3v) is 5.72. The summed E-state index contributed by atoms with van der Waals surface area (Å²) in [5, 5.41) is 8.44. The number of alkyl halides is 3. The molecule has 1 fully saturated rings. The van der Waals surface area contributed by atoms with Crippen molar-refractivity contribution in [3.05, 3.63) is 47.0 Å². The number of ether oxygens (including phenoxy) is 2. The van der Waals surface area contributed by atoms with E-state index >= 15 is 0 Å². The number of carbonyl (C=O) groups is 2. The molecule has 4 rings (SSSR count). The summed E-state index contributed by atoms with van der Waals surface area (Å²) in [6.07, 6.45) is -3.36. The third-order valence-electron chi connectivity index (χ3n) is 5.72. The molecule has 7 N–H and O–H groups in total. The topological polar surface area (TPSA) is 141 Å². The third kappa shape index (κ3) is 5.28. The Morgan fingerprint density at radius 1 is 1.09 bits per heavy atom. The average molecular weight is 479 g/mol. The average Bonchev–Trinajstić information content (AvgIpc) is 3.40. The van der Waals surface area contributed by atoms with E-state index in [0.29, 0.717) is 42.6 Å². The molecule has 0 saturated carbocycles. The monoisotopic (exact) mass is 479 g/mol. The van der Waals surface area contributed by atoms with Gasteiger partial charge < -0.3 is 36.9 Å². The molecule has 2 heterocycles. The van der Waals surface area contributed by atoms with Crippen molar-refractivity contribution in [2.75, 3.05) is 31.3 Å². The SMILES string of the molecule is Nc1cc2c(cc1CC1CC(NC(=O)CNC(=O)c3cc(C(F)(F)F)ccc3N)CN1)OCO2. The zero-order valence-electron chi connectivity index (χ0n) is 18.0. The Hall–Kier alpha value is -3.67. The molecular weight excluding hydrogens is 455 g/mol. The zero-order chi connectivity index (χ0) is 24.5. The standard InChI is InChI=1S/C22H24F3N5O4/c23-22(24,25)12-1-2-16(26)15(5-12)21(32)29-9-20(31)30-14-6-13(28-8-14)3-11-4-18-19(7-17(11)27)34-10-33-18/h1-2,4-5,7,13-14,28H,3,6,8-10,26-27H2,(H,29,32)(H,30,31). The number of benzene rings is 2. The van der Waals surface area contributed by atoms with Gasteiger partial charge in [-0.1, -0.05) is 0 Å². The van der Waals surface area contributed by atoms with E-state index in [4.69, 9.17) is 20.9 Å². The highest BCUT2D eigenvalue weighted by atomic mass is 19.4. The van der Waals surface area contributed by atoms with Crippen molar-refractivity contribution in [1.29, 1.82) is 0 Å². The van der Waals surface area contributed by atoms with Crippen LogP contribution in [0.4, 0.5) is 24.5 Å². The number of rotatable bonds is 6. The van der Waals surface area contributed by atoms with Crippen LogP contribution < -0.4 is 36.9 Å². The summed E-state index contributed by atoms with van der Waals surface area (Å²) in [7, 11) is 0. The van der Waals surface area contributed by atoms with Gasteiger partial charge >= 0.3 is 6.18 Å². The van der Waals surface area contributed by atoms with Gasteiger partial charge in [0, 0.05) is 36.1 Å². The molecule has 2 atom stereocenters. The molecule has 2 unspecified atom stereocenters. The van der Waals surface area contributed by atoms with Gasteiger partial charge in [0.2, 0.25) is 12.7 Å². The van der Waals surface area contributed by atoms with Crippen LogP contribution in [-0.2, 0) is 17.4 Å². The van der Waals surface area contributed by atoms with Gasteiger partial charge in [-0.2, -0.15) is 13.2 Å². The lowest BCUT2D eigenvalue weighted by molar-refractivity contribution is -0.137. The van der Waals surface area contributed by atoms with E-state index in [0.717, 1.165) is 17.7 Å². The van der Waals surface area contributed by atoms with Gasteiger partial charge in [0.05, 0.1) is 17.7 Å². The van der Waals surface area contributed by atoms with Crippen LogP contribution >= 0.6 is 0 Å². The van der Waals surface area contributed by atoms with Crippen LogP contribution in [0.3, 0.4) is 0 Å². The van der Waals surface area contributed by atoms with Crippen molar-refractivity contribution in [2.24, 2.45) is 0 Å². The first-order valence-corrected chi connectivity index (χ1v) is 10.6. The highest BCUT2D eigenvalue weighted by molar-refractivity contribution is 6.00. The van der Waals surface area contributed by atoms with Gasteiger partial charge in [-0.15, -0.1) is 0 Å². The number of fused-ring (bicyclic) bond motifs is 1. The summed E-state index contributed by atoms with van der Waals surface area (Å²) < 4.78 is 49.4. The Bertz CT molecular complexity index is 1110. The van der Waals surface area contributed by atoms with Crippen LogP contribution in [0.5, 0.6) is 11.5 Å². The number of hydrogen-bond acceptors (Lipinski definition) is 7. The fraction of sp³-hybridized carbons (Fsp3) is 0.364. The Kier molecular flexibility index (Phi) is 6.42. The molecule has 2 aliphatic heterocycles. The summed E-state index contributed by atoms with van der Waals surface area (Å²) in [5.74, 6) is -0.0719. The second kappa shape index (κ2) is 9.29. The fourth-order valence-electron chi connectivity index (χ4n) is 3.99. The Balaban J connectivity index is 1.26. The van der Waals surface area contributed by atoms with Gasteiger partial charge in [-0.05, 0) is 42.7 Å². The van der Waals surface area contributed by atoms with Crippen LogP contribution in [0.25, 0.3) is 0 Å². The number of nitrogens with two attached hydrogens (primary N) is 2.